The number of ether oxygens (including phenoxy) is 2. The summed E-state index contributed by atoms with van der Waals surface area (Å²) in [5.41, 5.74) is 0.536. The zero-order valence-electron chi connectivity index (χ0n) is 21.0. The van der Waals surface area contributed by atoms with Gasteiger partial charge in [-0.25, -0.2) is 16.8 Å². The van der Waals surface area contributed by atoms with E-state index in [1.807, 2.05) is 0 Å². The van der Waals surface area contributed by atoms with Crippen molar-refractivity contribution in [2.24, 2.45) is 0 Å². The number of nitrogens with one attached hydrogen (secondary N) is 1. The quantitative estimate of drug-likeness (QED) is 0.404. The van der Waals surface area contributed by atoms with E-state index in [1.54, 1.807) is 24.3 Å². The lowest BCUT2D eigenvalue weighted by atomic mass is 10.2. The van der Waals surface area contributed by atoms with Gasteiger partial charge < -0.3 is 14.8 Å². The minimum absolute atomic E-state index is 0.0130. The number of amides is 1. The van der Waals surface area contributed by atoms with Gasteiger partial charge in [-0.15, -0.1) is 0 Å². The molecule has 38 heavy (non-hydrogen) atoms. The molecule has 1 aliphatic rings. The lowest BCUT2D eigenvalue weighted by Crippen LogP contribution is -2.38. The maximum absolute atomic E-state index is 13.6. The molecule has 1 heterocycles. The Morgan fingerprint density at radius 1 is 0.842 bits per heavy atom. The van der Waals surface area contributed by atoms with Crippen LogP contribution in [0.15, 0.2) is 82.6 Å². The Balaban J connectivity index is 1.59. The molecule has 0 aromatic heterocycles. The lowest BCUT2D eigenvalue weighted by Gasteiger charge is -2.25. The van der Waals surface area contributed by atoms with Gasteiger partial charge in [0.05, 0.1) is 29.7 Å². The van der Waals surface area contributed by atoms with E-state index >= 15 is 0 Å². The maximum Gasteiger partial charge on any atom is 0.264 e. The molecule has 4 rings (SSSR count). The van der Waals surface area contributed by atoms with Gasteiger partial charge in [-0.1, -0.05) is 18.2 Å². The third kappa shape index (κ3) is 5.77. The minimum atomic E-state index is -4.13. The van der Waals surface area contributed by atoms with E-state index in [2.05, 4.69) is 5.32 Å². The number of carbonyl (C=O) groups is 1. The van der Waals surface area contributed by atoms with Crippen molar-refractivity contribution in [3.63, 3.8) is 0 Å². The number of hydrogen-bond acceptors (Lipinski definition) is 7. The predicted molar refractivity (Wildman–Crippen MR) is 144 cm³/mol. The van der Waals surface area contributed by atoms with Crippen LogP contribution in [0, 0.1) is 0 Å². The standard InChI is InChI=1S/C26H29N3O7S2/c1-35-24-15-12-21(18-25(24)36-2)29(38(33,34)22-8-4-3-5-9-22)19-26(30)27-20-10-13-23(14-11-20)37(31,32)28-16-6-7-17-28/h3-5,8-15,18H,6-7,16-17,19H2,1-2H3,(H,27,30). The summed E-state index contributed by atoms with van der Waals surface area (Å²) >= 11 is 0. The van der Waals surface area contributed by atoms with E-state index in [0.29, 0.717) is 30.3 Å². The van der Waals surface area contributed by atoms with Crippen molar-refractivity contribution in [2.75, 3.05) is 43.5 Å². The van der Waals surface area contributed by atoms with Gasteiger partial charge in [-0.2, -0.15) is 4.31 Å². The van der Waals surface area contributed by atoms with Crippen molar-refractivity contribution in [2.45, 2.75) is 22.6 Å². The van der Waals surface area contributed by atoms with Crippen molar-refractivity contribution < 1.29 is 31.1 Å². The van der Waals surface area contributed by atoms with Gasteiger partial charge in [-0.05, 0) is 61.4 Å². The summed E-state index contributed by atoms with van der Waals surface area (Å²) < 4.78 is 65.6. The molecule has 0 aliphatic carbocycles. The van der Waals surface area contributed by atoms with E-state index in [4.69, 9.17) is 9.47 Å². The molecular weight excluding hydrogens is 530 g/mol. The molecule has 0 radical (unpaired) electrons. The van der Waals surface area contributed by atoms with Gasteiger partial charge in [0.1, 0.15) is 6.54 Å². The zero-order valence-corrected chi connectivity index (χ0v) is 22.7. The first-order valence-electron chi connectivity index (χ1n) is 11.9. The normalized spacial score (nSPS) is 14.2. The van der Waals surface area contributed by atoms with Crippen molar-refractivity contribution in [3.8, 4) is 11.5 Å². The van der Waals surface area contributed by atoms with E-state index in [0.717, 1.165) is 17.1 Å². The first-order valence-corrected chi connectivity index (χ1v) is 14.7. The topological polar surface area (TPSA) is 122 Å². The monoisotopic (exact) mass is 559 g/mol. The van der Waals surface area contributed by atoms with Crippen LogP contribution in [-0.4, -0.2) is 60.9 Å². The average molecular weight is 560 g/mol. The molecule has 1 saturated heterocycles. The first kappa shape index (κ1) is 27.4. The number of nitrogens with zero attached hydrogens (tertiary/aromatic N) is 2. The van der Waals surface area contributed by atoms with Crippen LogP contribution in [-0.2, 0) is 24.8 Å². The highest BCUT2D eigenvalue weighted by atomic mass is 32.2. The first-order chi connectivity index (χ1) is 18.2. The predicted octanol–water partition coefficient (Wildman–Crippen LogP) is 3.32. The van der Waals surface area contributed by atoms with Crippen LogP contribution < -0.4 is 19.1 Å². The van der Waals surface area contributed by atoms with Gasteiger partial charge >= 0.3 is 0 Å². The lowest BCUT2D eigenvalue weighted by molar-refractivity contribution is -0.114. The van der Waals surface area contributed by atoms with Gasteiger partial charge in [0.25, 0.3) is 10.0 Å². The van der Waals surface area contributed by atoms with Gasteiger partial charge in [0, 0.05) is 24.8 Å². The second-order valence-corrected chi connectivity index (χ2v) is 12.3. The fraction of sp³-hybridized carbons (Fsp3) is 0.269. The smallest absolute Gasteiger partial charge is 0.264 e. The third-order valence-electron chi connectivity index (χ3n) is 6.11. The van der Waals surface area contributed by atoms with Crippen LogP contribution in [0.25, 0.3) is 0 Å². The average Bonchev–Trinajstić information content (AvgIpc) is 3.48. The highest BCUT2D eigenvalue weighted by molar-refractivity contribution is 7.92. The fourth-order valence-electron chi connectivity index (χ4n) is 4.13. The van der Waals surface area contributed by atoms with E-state index < -0.39 is 32.5 Å². The molecule has 1 N–H and O–H groups in total. The Bertz CT molecular complexity index is 1490. The molecule has 1 fully saturated rings. The van der Waals surface area contributed by atoms with E-state index in [-0.39, 0.29) is 15.5 Å². The SMILES string of the molecule is COc1ccc(N(CC(=O)Nc2ccc(S(=O)(=O)N3CCCC3)cc2)S(=O)(=O)c2ccccc2)cc1OC. The molecular formula is C26H29N3O7S2. The Morgan fingerprint density at radius 2 is 1.47 bits per heavy atom. The zero-order chi connectivity index (χ0) is 27.3. The molecule has 1 aliphatic heterocycles. The van der Waals surface area contributed by atoms with E-state index in [9.17, 15) is 21.6 Å². The minimum Gasteiger partial charge on any atom is -0.493 e. The van der Waals surface area contributed by atoms with Gasteiger partial charge in [0.15, 0.2) is 11.5 Å². The molecule has 0 unspecified atom stereocenters. The molecule has 0 atom stereocenters. The summed E-state index contributed by atoms with van der Waals surface area (Å²) in [6, 6.07) is 18.1. The summed E-state index contributed by atoms with van der Waals surface area (Å²) in [5, 5.41) is 2.66. The number of rotatable bonds is 10. The molecule has 3 aromatic carbocycles. The summed E-state index contributed by atoms with van der Waals surface area (Å²) in [6.07, 6.45) is 1.66. The number of sulfonamides is 2. The second kappa shape index (κ2) is 11.4. The van der Waals surface area contributed by atoms with Crippen LogP contribution >= 0.6 is 0 Å². The van der Waals surface area contributed by atoms with Gasteiger partial charge in [-0.3, -0.25) is 9.10 Å². The molecule has 1 amide bonds. The van der Waals surface area contributed by atoms with Crippen molar-refractivity contribution in [1.29, 1.82) is 0 Å². The molecule has 10 nitrogen and oxygen atoms in total. The molecule has 0 spiro atoms. The van der Waals surface area contributed by atoms with Crippen LogP contribution in [0.5, 0.6) is 11.5 Å². The van der Waals surface area contributed by atoms with E-state index in [1.165, 1.54) is 67.1 Å². The number of hydrogen-bond donors (Lipinski definition) is 1. The van der Waals surface area contributed by atoms with Crippen LogP contribution in [0.1, 0.15) is 12.8 Å². The van der Waals surface area contributed by atoms with Crippen molar-refractivity contribution in [1.82, 2.24) is 4.31 Å². The maximum atomic E-state index is 13.6. The van der Waals surface area contributed by atoms with Gasteiger partial charge in [0.2, 0.25) is 15.9 Å². The number of benzene rings is 3. The summed E-state index contributed by atoms with van der Waals surface area (Å²) in [4.78, 5) is 13.2. The largest absolute Gasteiger partial charge is 0.493 e. The molecule has 0 bridgehead atoms. The second-order valence-electron chi connectivity index (χ2n) is 8.55. The van der Waals surface area contributed by atoms with Crippen molar-refractivity contribution in [3.05, 3.63) is 72.8 Å². The van der Waals surface area contributed by atoms with Crippen LogP contribution in [0.2, 0.25) is 0 Å². The molecule has 3 aromatic rings. The highest BCUT2D eigenvalue weighted by Crippen LogP contribution is 2.34. The molecule has 202 valence electrons. The number of anilines is 2. The summed E-state index contributed by atoms with van der Waals surface area (Å²) in [6.45, 7) is 0.436. The fourth-order valence-corrected chi connectivity index (χ4v) is 7.08. The van der Waals surface area contributed by atoms with Crippen LogP contribution in [0.3, 0.4) is 0 Å². The summed E-state index contributed by atoms with van der Waals surface area (Å²) in [5.74, 6) is 0.0876. The van der Waals surface area contributed by atoms with Crippen LogP contribution in [0.4, 0.5) is 11.4 Å². The molecule has 12 heteroatoms. The van der Waals surface area contributed by atoms with Crippen molar-refractivity contribution >= 4 is 37.3 Å². The third-order valence-corrected chi connectivity index (χ3v) is 9.82. The Labute approximate surface area is 222 Å². The Hall–Kier alpha value is -3.61. The highest BCUT2D eigenvalue weighted by Gasteiger charge is 2.29. The molecule has 0 saturated carbocycles. The summed E-state index contributed by atoms with van der Waals surface area (Å²) in [7, 11) is -4.83. The Morgan fingerprint density at radius 3 is 2.08 bits per heavy atom. The number of carbonyl (C=O) groups excluding carboxylic acids is 1. The number of methoxy groups -OCH3 is 2. The Kier molecular flexibility index (Phi) is 8.24.